The summed E-state index contributed by atoms with van der Waals surface area (Å²) in [5.74, 6) is -0.512. The van der Waals surface area contributed by atoms with Gasteiger partial charge in [-0.05, 0) is 18.6 Å². The third-order valence-corrected chi connectivity index (χ3v) is 3.59. The standard InChI is InChI=1S/C16H18F3NO2/c1-2-22-11-14(12-6-4-3-5-7-12)20-9-8-13(21)10-15(20)16(17,18)19/h3-9,14-15H,2,10-11H2,1H3. The number of halogens is 3. The Morgan fingerprint density at radius 3 is 2.59 bits per heavy atom. The van der Waals surface area contributed by atoms with Gasteiger partial charge in [0.15, 0.2) is 5.78 Å². The Balaban J connectivity index is 2.35. The summed E-state index contributed by atoms with van der Waals surface area (Å²) in [5, 5.41) is 0. The zero-order chi connectivity index (χ0) is 16.2. The lowest BCUT2D eigenvalue weighted by atomic mass is 9.98. The quantitative estimate of drug-likeness (QED) is 0.833. The maximum absolute atomic E-state index is 13.3. The predicted molar refractivity (Wildman–Crippen MR) is 76.1 cm³/mol. The number of carbonyl (C=O) groups is 1. The molecule has 0 spiro atoms. The van der Waals surface area contributed by atoms with Crippen LogP contribution < -0.4 is 0 Å². The summed E-state index contributed by atoms with van der Waals surface area (Å²) in [6.45, 7) is 2.33. The minimum Gasteiger partial charge on any atom is -0.379 e. The van der Waals surface area contributed by atoms with Crippen LogP contribution in [0, 0.1) is 0 Å². The predicted octanol–water partition coefficient (Wildman–Crippen LogP) is 3.48. The Kier molecular flexibility index (Phi) is 5.24. The first kappa shape index (κ1) is 16.5. The molecule has 0 aromatic heterocycles. The molecule has 0 fully saturated rings. The highest BCUT2D eigenvalue weighted by Gasteiger charge is 2.47. The summed E-state index contributed by atoms with van der Waals surface area (Å²) in [7, 11) is 0. The van der Waals surface area contributed by atoms with Gasteiger partial charge in [-0.25, -0.2) is 0 Å². The summed E-state index contributed by atoms with van der Waals surface area (Å²) >= 11 is 0. The minimum absolute atomic E-state index is 0.131. The maximum atomic E-state index is 13.3. The molecule has 1 heterocycles. The van der Waals surface area contributed by atoms with Crippen LogP contribution >= 0.6 is 0 Å². The van der Waals surface area contributed by atoms with E-state index in [1.807, 2.05) is 0 Å². The van der Waals surface area contributed by atoms with Crippen LogP contribution in [0.25, 0.3) is 0 Å². The van der Waals surface area contributed by atoms with Crippen LogP contribution in [0.4, 0.5) is 13.2 Å². The summed E-state index contributed by atoms with van der Waals surface area (Å²) in [5.41, 5.74) is 0.726. The second kappa shape index (κ2) is 6.96. The molecule has 2 atom stereocenters. The molecule has 0 saturated carbocycles. The van der Waals surface area contributed by atoms with Gasteiger partial charge in [-0.1, -0.05) is 30.3 Å². The molecule has 1 aromatic rings. The lowest BCUT2D eigenvalue weighted by molar-refractivity contribution is -0.188. The Morgan fingerprint density at radius 2 is 2.00 bits per heavy atom. The Morgan fingerprint density at radius 1 is 1.32 bits per heavy atom. The van der Waals surface area contributed by atoms with Gasteiger partial charge < -0.3 is 9.64 Å². The number of benzene rings is 1. The van der Waals surface area contributed by atoms with Gasteiger partial charge in [0.2, 0.25) is 0 Å². The van der Waals surface area contributed by atoms with E-state index in [1.54, 1.807) is 37.3 Å². The fourth-order valence-electron chi connectivity index (χ4n) is 2.50. The summed E-state index contributed by atoms with van der Waals surface area (Å²) in [6.07, 6.45) is -2.60. The highest BCUT2D eigenvalue weighted by atomic mass is 19.4. The fourth-order valence-corrected chi connectivity index (χ4v) is 2.50. The van der Waals surface area contributed by atoms with Crippen LogP contribution in [0.15, 0.2) is 42.6 Å². The lowest BCUT2D eigenvalue weighted by Gasteiger charge is -2.39. The van der Waals surface area contributed by atoms with Gasteiger partial charge in [-0.2, -0.15) is 13.2 Å². The summed E-state index contributed by atoms with van der Waals surface area (Å²) in [4.78, 5) is 12.6. The van der Waals surface area contributed by atoms with E-state index in [-0.39, 0.29) is 6.61 Å². The van der Waals surface area contributed by atoms with E-state index in [2.05, 4.69) is 0 Å². The molecule has 120 valence electrons. The van der Waals surface area contributed by atoms with Crippen molar-refractivity contribution in [1.29, 1.82) is 0 Å². The van der Waals surface area contributed by atoms with E-state index in [1.165, 1.54) is 17.2 Å². The normalized spacial score (nSPS) is 20.3. The first-order valence-corrected chi connectivity index (χ1v) is 7.11. The topological polar surface area (TPSA) is 29.5 Å². The molecule has 0 N–H and O–H groups in total. The lowest BCUT2D eigenvalue weighted by Crippen LogP contribution is -2.48. The molecule has 2 rings (SSSR count). The molecule has 0 radical (unpaired) electrons. The van der Waals surface area contributed by atoms with Crippen LogP contribution in [-0.4, -0.2) is 36.1 Å². The van der Waals surface area contributed by atoms with E-state index in [9.17, 15) is 18.0 Å². The second-order valence-corrected chi connectivity index (χ2v) is 5.08. The fraction of sp³-hybridized carbons (Fsp3) is 0.438. The highest BCUT2D eigenvalue weighted by Crippen LogP contribution is 2.36. The van der Waals surface area contributed by atoms with Gasteiger partial charge >= 0.3 is 6.18 Å². The zero-order valence-electron chi connectivity index (χ0n) is 12.2. The van der Waals surface area contributed by atoms with Gasteiger partial charge in [0.1, 0.15) is 6.04 Å². The summed E-state index contributed by atoms with van der Waals surface area (Å²) in [6, 6.07) is 6.47. The molecule has 0 amide bonds. The van der Waals surface area contributed by atoms with E-state index in [4.69, 9.17) is 4.74 Å². The number of ketones is 1. The molecule has 22 heavy (non-hydrogen) atoms. The number of nitrogens with zero attached hydrogens (tertiary/aromatic N) is 1. The van der Waals surface area contributed by atoms with Crippen molar-refractivity contribution >= 4 is 5.78 Å². The van der Waals surface area contributed by atoms with Crippen molar-refractivity contribution in [3.05, 3.63) is 48.2 Å². The van der Waals surface area contributed by atoms with Crippen LogP contribution in [-0.2, 0) is 9.53 Å². The van der Waals surface area contributed by atoms with Gasteiger partial charge in [-0.3, -0.25) is 4.79 Å². The molecular weight excluding hydrogens is 295 g/mol. The molecule has 1 aliphatic rings. The number of hydrogen-bond acceptors (Lipinski definition) is 3. The van der Waals surface area contributed by atoms with Gasteiger partial charge in [-0.15, -0.1) is 0 Å². The Labute approximate surface area is 127 Å². The molecule has 3 nitrogen and oxygen atoms in total. The first-order chi connectivity index (χ1) is 10.4. The summed E-state index contributed by atoms with van der Waals surface area (Å²) < 4.78 is 45.2. The Bertz CT molecular complexity index is 528. The van der Waals surface area contributed by atoms with Crippen molar-refractivity contribution < 1.29 is 22.7 Å². The monoisotopic (exact) mass is 313 g/mol. The average Bonchev–Trinajstić information content (AvgIpc) is 2.49. The number of carbonyl (C=O) groups excluding carboxylic acids is 1. The average molecular weight is 313 g/mol. The minimum atomic E-state index is -4.47. The first-order valence-electron chi connectivity index (χ1n) is 7.11. The molecule has 0 bridgehead atoms. The number of rotatable bonds is 5. The Hall–Kier alpha value is -1.82. The zero-order valence-corrected chi connectivity index (χ0v) is 12.2. The van der Waals surface area contributed by atoms with Crippen molar-refractivity contribution in [2.45, 2.75) is 31.6 Å². The van der Waals surface area contributed by atoms with Crippen LogP contribution in [0.1, 0.15) is 24.9 Å². The molecular formula is C16H18F3NO2. The second-order valence-electron chi connectivity index (χ2n) is 5.08. The molecule has 6 heteroatoms. The number of hydrogen-bond donors (Lipinski definition) is 0. The smallest absolute Gasteiger partial charge is 0.379 e. The van der Waals surface area contributed by atoms with Crippen molar-refractivity contribution in [2.75, 3.05) is 13.2 Å². The van der Waals surface area contributed by atoms with Crippen molar-refractivity contribution in [2.24, 2.45) is 0 Å². The molecule has 0 aliphatic carbocycles. The van der Waals surface area contributed by atoms with Crippen LogP contribution in [0.2, 0.25) is 0 Å². The molecule has 1 aromatic carbocycles. The van der Waals surface area contributed by atoms with E-state index < -0.39 is 30.5 Å². The third-order valence-electron chi connectivity index (χ3n) is 3.59. The van der Waals surface area contributed by atoms with Crippen molar-refractivity contribution in [3.63, 3.8) is 0 Å². The largest absolute Gasteiger partial charge is 0.409 e. The van der Waals surface area contributed by atoms with Gasteiger partial charge in [0, 0.05) is 19.2 Å². The van der Waals surface area contributed by atoms with E-state index in [0.29, 0.717) is 6.61 Å². The molecule has 0 saturated heterocycles. The van der Waals surface area contributed by atoms with Crippen LogP contribution in [0.3, 0.4) is 0 Å². The third kappa shape index (κ3) is 3.88. The number of alkyl halides is 3. The number of ether oxygens (including phenoxy) is 1. The van der Waals surface area contributed by atoms with Crippen molar-refractivity contribution in [1.82, 2.24) is 4.90 Å². The maximum Gasteiger partial charge on any atom is 0.409 e. The molecule has 1 aliphatic heterocycles. The molecule has 2 unspecified atom stereocenters. The highest BCUT2D eigenvalue weighted by molar-refractivity contribution is 5.90. The van der Waals surface area contributed by atoms with Gasteiger partial charge in [0.25, 0.3) is 0 Å². The number of allylic oxidation sites excluding steroid dienone is 1. The van der Waals surface area contributed by atoms with Crippen molar-refractivity contribution in [3.8, 4) is 0 Å². The van der Waals surface area contributed by atoms with E-state index in [0.717, 1.165) is 5.56 Å². The van der Waals surface area contributed by atoms with Crippen LogP contribution in [0.5, 0.6) is 0 Å². The van der Waals surface area contributed by atoms with Gasteiger partial charge in [0.05, 0.1) is 12.6 Å². The van der Waals surface area contributed by atoms with E-state index >= 15 is 0 Å². The SMILES string of the molecule is CCOCC(c1ccccc1)N1C=CC(=O)CC1C(F)(F)F.